The van der Waals surface area contributed by atoms with Gasteiger partial charge in [-0.15, -0.1) is 0 Å². The molecule has 0 bridgehead atoms. The molecule has 4 rings (SSSR count). The molecule has 2 saturated heterocycles. The number of imide groups is 1. The molecule has 2 aromatic rings. The second-order valence-corrected chi connectivity index (χ2v) is 7.61. The highest BCUT2D eigenvalue weighted by molar-refractivity contribution is 6.09. The van der Waals surface area contributed by atoms with Gasteiger partial charge in [0.25, 0.3) is 5.91 Å². The van der Waals surface area contributed by atoms with Gasteiger partial charge >= 0.3 is 6.03 Å². The Morgan fingerprint density at radius 1 is 1.00 bits per heavy atom. The first-order valence-corrected chi connectivity index (χ1v) is 9.59. The molecule has 2 heterocycles. The molecule has 5 nitrogen and oxygen atoms in total. The van der Waals surface area contributed by atoms with Crippen molar-refractivity contribution < 1.29 is 9.59 Å². The van der Waals surface area contributed by atoms with Gasteiger partial charge in [0.05, 0.1) is 6.67 Å². The number of piperidine rings is 1. The van der Waals surface area contributed by atoms with E-state index in [9.17, 15) is 9.59 Å². The van der Waals surface area contributed by atoms with Crippen LogP contribution in [-0.2, 0) is 10.3 Å². The van der Waals surface area contributed by atoms with Gasteiger partial charge in [0.2, 0.25) is 0 Å². The number of amides is 3. The number of hydrogen-bond acceptors (Lipinski definition) is 3. The van der Waals surface area contributed by atoms with E-state index in [0.29, 0.717) is 12.6 Å². The number of rotatable bonds is 4. The summed E-state index contributed by atoms with van der Waals surface area (Å²) in [5.74, 6) is 0.385. The van der Waals surface area contributed by atoms with Crippen LogP contribution in [0.3, 0.4) is 0 Å². The number of nitrogens with zero attached hydrogens (tertiary/aromatic N) is 2. The maximum absolute atomic E-state index is 13.6. The molecule has 2 aliphatic heterocycles. The first-order chi connectivity index (χ1) is 13.1. The van der Waals surface area contributed by atoms with Crippen LogP contribution < -0.4 is 5.32 Å². The predicted molar refractivity (Wildman–Crippen MR) is 104 cm³/mol. The van der Waals surface area contributed by atoms with Gasteiger partial charge in [0.1, 0.15) is 0 Å². The minimum absolute atomic E-state index is 0.205. The van der Waals surface area contributed by atoms with Crippen molar-refractivity contribution in [2.45, 2.75) is 25.3 Å². The van der Waals surface area contributed by atoms with Crippen LogP contribution in [0.15, 0.2) is 60.7 Å². The average Bonchev–Trinajstić information content (AvgIpc) is 2.95. The van der Waals surface area contributed by atoms with Crippen LogP contribution in [0.5, 0.6) is 0 Å². The first-order valence-electron chi connectivity index (χ1n) is 9.59. The van der Waals surface area contributed by atoms with Gasteiger partial charge in [-0.3, -0.25) is 9.69 Å². The van der Waals surface area contributed by atoms with Crippen LogP contribution in [-0.4, -0.2) is 41.5 Å². The van der Waals surface area contributed by atoms with Crippen molar-refractivity contribution >= 4 is 11.9 Å². The summed E-state index contributed by atoms with van der Waals surface area (Å²) in [5.41, 5.74) is 0.397. The number of likely N-dealkylation sites (tertiary alicyclic amines) is 1. The molecule has 0 aromatic heterocycles. The fourth-order valence-electron chi connectivity index (χ4n) is 4.25. The quantitative estimate of drug-likeness (QED) is 0.849. The predicted octanol–water partition coefficient (Wildman–Crippen LogP) is 3.17. The lowest BCUT2D eigenvalue weighted by atomic mass is 9.83. The lowest BCUT2D eigenvalue weighted by Crippen LogP contribution is -2.47. The van der Waals surface area contributed by atoms with Crippen LogP contribution in [0.2, 0.25) is 0 Å². The zero-order chi connectivity index (χ0) is 18.9. The summed E-state index contributed by atoms with van der Waals surface area (Å²) in [6.07, 6.45) is 2.31. The van der Waals surface area contributed by atoms with Gasteiger partial charge in [-0.05, 0) is 36.4 Å². The minimum atomic E-state index is -1.17. The molecule has 0 aliphatic carbocycles. The number of hydrogen-bond donors (Lipinski definition) is 1. The van der Waals surface area contributed by atoms with Crippen molar-refractivity contribution in [2.75, 3.05) is 19.8 Å². The standard InChI is InChI=1S/C22H25N3O2/c1-17-9-8-14-24(15-17)16-25-20(26)22(23-21(25)27,18-10-4-2-5-11-18)19-12-6-3-7-13-19/h2-7,10-13,17H,8-9,14-16H2,1H3,(H,23,27). The zero-order valence-corrected chi connectivity index (χ0v) is 15.6. The summed E-state index contributed by atoms with van der Waals surface area (Å²) in [7, 11) is 0. The molecule has 0 saturated carbocycles. The molecule has 1 unspecified atom stereocenters. The highest BCUT2D eigenvalue weighted by Crippen LogP contribution is 2.36. The Labute approximate surface area is 160 Å². The van der Waals surface area contributed by atoms with E-state index in [-0.39, 0.29) is 11.9 Å². The SMILES string of the molecule is CC1CCCN(CN2C(=O)NC(c3ccccc3)(c3ccccc3)C2=O)C1. The molecule has 0 radical (unpaired) electrons. The molecule has 2 aromatic carbocycles. The van der Waals surface area contributed by atoms with Gasteiger partial charge in [0, 0.05) is 6.54 Å². The van der Waals surface area contributed by atoms with Crippen molar-refractivity contribution in [2.24, 2.45) is 5.92 Å². The zero-order valence-electron chi connectivity index (χ0n) is 15.6. The van der Waals surface area contributed by atoms with E-state index in [1.807, 2.05) is 60.7 Å². The second-order valence-electron chi connectivity index (χ2n) is 7.61. The summed E-state index contributed by atoms with van der Waals surface area (Å²) in [6, 6.07) is 18.7. The van der Waals surface area contributed by atoms with Gasteiger partial charge < -0.3 is 5.32 Å². The van der Waals surface area contributed by atoms with Crippen LogP contribution in [0.25, 0.3) is 0 Å². The topological polar surface area (TPSA) is 52.6 Å². The van der Waals surface area contributed by atoms with Crippen molar-refractivity contribution in [1.82, 2.24) is 15.1 Å². The molecular weight excluding hydrogens is 338 g/mol. The van der Waals surface area contributed by atoms with Crippen LogP contribution in [0.4, 0.5) is 4.79 Å². The highest BCUT2D eigenvalue weighted by Gasteiger charge is 2.53. The Balaban J connectivity index is 1.71. The van der Waals surface area contributed by atoms with E-state index in [1.165, 1.54) is 11.3 Å². The number of urea groups is 1. The third-order valence-corrected chi connectivity index (χ3v) is 5.60. The van der Waals surface area contributed by atoms with E-state index in [4.69, 9.17) is 0 Å². The van der Waals surface area contributed by atoms with Gasteiger partial charge in [-0.2, -0.15) is 0 Å². The van der Waals surface area contributed by atoms with Crippen molar-refractivity contribution in [3.63, 3.8) is 0 Å². The summed E-state index contributed by atoms with van der Waals surface area (Å²) in [6.45, 7) is 4.40. The lowest BCUT2D eigenvalue weighted by Gasteiger charge is -2.33. The molecule has 3 amide bonds. The molecule has 2 fully saturated rings. The summed E-state index contributed by atoms with van der Waals surface area (Å²) in [5, 5.41) is 3.01. The van der Waals surface area contributed by atoms with E-state index < -0.39 is 5.54 Å². The smallest absolute Gasteiger partial charge is 0.315 e. The molecule has 140 valence electrons. The third-order valence-electron chi connectivity index (χ3n) is 5.60. The Bertz CT molecular complexity index is 782. The number of nitrogens with one attached hydrogen (secondary N) is 1. The molecule has 2 aliphatic rings. The molecule has 5 heteroatoms. The van der Waals surface area contributed by atoms with E-state index >= 15 is 0 Å². The highest BCUT2D eigenvalue weighted by atomic mass is 16.2. The Morgan fingerprint density at radius 2 is 1.59 bits per heavy atom. The monoisotopic (exact) mass is 363 g/mol. The maximum atomic E-state index is 13.6. The Morgan fingerprint density at radius 3 is 2.15 bits per heavy atom. The van der Waals surface area contributed by atoms with Gasteiger partial charge in [0.15, 0.2) is 5.54 Å². The van der Waals surface area contributed by atoms with E-state index in [0.717, 1.165) is 30.6 Å². The molecular formula is C22H25N3O2. The summed E-state index contributed by atoms with van der Waals surface area (Å²) < 4.78 is 0. The Kier molecular flexibility index (Phi) is 4.70. The number of carbonyl (C=O) groups is 2. The second kappa shape index (κ2) is 7.16. The van der Waals surface area contributed by atoms with Crippen LogP contribution in [0, 0.1) is 5.92 Å². The van der Waals surface area contributed by atoms with Crippen molar-refractivity contribution in [3.05, 3.63) is 71.8 Å². The summed E-state index contributed by atoms with van der Waals surface area (Å²) in [4.78, 5) is 30.1. The van der Waals surface area contributed by atoms with E-state index in [2.05, 4.69) is 17.1 Å². The van der Waals surface area contributed by atoms with Crippen LogP contribution >= 0.6 is 0 Å². The molecule has 27 heavy (non-hydrogen) atoms. The molecule has 1 N–H and O–H groups in total. The molecule has 1 atom stereocenters. The van der Waals surface area contributed by atoms with Crippen molar-refractivity contribution in [1.29, 1.82) is 0 Å². The first kappa shape index (κ1) is 17.7. The number of benzene rings is 2. The molecule has 0 spiro atoms. The van der Waals surface area contributed by atoms with Crippen LogP contribution in [0.1, 0.15) is 30.9 Å². The minimum Gasteiger partial charge on any atom is -0.315 e. The summed E-state index contributed by atoms with van der Waals surface area (Å²) >= 11 is 0. The van der Waals surface area contributed by atoms with Crippen molar-refractivity contribution in [3.8, 4) is 0 Å². The average molecular weight is 363 g/mol. The normalized spacial score (nSPS) is 22.7. The maximum Gasteiger partial charge on any atom is 0.326 e. The number of carbonyl (C=O) groups excluding carboxylic acids is 2. The van der Waals surface area contributed by atoms with Gasteiger partial charge in [-0.1, -0.05) is 67.6 Å². The van der Waals surface area contributed by atoms with Gasteiger partial charge in [-0.25, -0.2) is 9.69 Å². The largest absolute Gasteiger partial charge is 0.326 e. The van der Waals surface area contributed by atoms with E-state index in [1.54, 1.807) is 0 Å². The fourth-order valence-corrected chi connectivity index (χ4v) is 4.25. The Hall–Kier alpha value is -2.66. The lowest BCUT2D eigenvalue weighted by molar-refractivity contribution is -0.132. The third kappa shape index (κ3) is 3.12. The fraction of sp³-hybridized carbons (Fsp3) is 0.364.